The van der Waals surface area contributed by atoms with Gasteiger partial charge in [-0.2, -0.15) is 0 Å². The molecule has 1 atom stereocenters. The number of hydrogen-bond acceptors (Lipinski definition) is 0. The topological polar surface area (TPSA) is 4.93 Å². The average molecular weight is 283 g/mol. The lowest BCUT2D eigenvalue weighted by molar-refractivity contribution is 0.451. The molecule has 1 heteroatoms. The van der Waals surface area contributed by atoms with Crippen molar-refractivity contribution in [2.75, 3.05) is 0 Å². The van der Waals surface area contributed by atoms with Crippen molar-refractivity contribution < 1.29 is 0 Å². The van der Waals surface area contributed by atoms with E-state index < -0.39 is 0 Å². The van der Waals surface area contributed by atoms with Crippen LogP contribution in [-0.2, 0) is 6.54 Å². The highest BCUT2D eigenvalue weighted by molar-refractivity contribution is 5.88. The lowest BCUT2D eigenvalue weighted by atomic mass is 10.00. The van der Waals surface area contributed by atoms with Gasteiger partial charge in [-0.1, -0.05) is 58.9 Å². The second-order valence-electron chi connectivity index (χ2n) is 6.75. The lowest BCUT2D eigenvalue weighted by Crippen LogP contribution is -2.10. The van der Waals surface area contributed by atoms with Crippen molar-refractivity contribution in [3.63, 3.8) is 0 Å². The van der Waals surface area contributed by atoms with Gasteiger partial charge in [0.1, 0.15) is 0 Å². The molecule has 1 unspecified atom stereocenters. The van der Waals surface area contributed by atoms with Gasteiger partial charge in [-0.3, -0.25) is 0 Å². The third kappa shape index (κ3) is 3.23. The molecular weight excluding hydrogens is 254 g/mol. The summed E-state index contributed by atoms with van der Waals surface area (Å²) < 4.78 is 2.51. The fourth-order valence-corrected chi connectivity index (χ4v) is 3.26. The van der Waals surface area contributed by atoms with Gasteiger partial charge in [-0.25, -0.2) is 0 Å². The van der Waals surface area contributed by atoms with Crippen LogP contribution in [0.1, 0.15) is 64.6 Å². The predicted molar refractivity (Wildman–Crippen MR) is 94.8 cm³/mol. The van der Waals surface area contributed by atoms with Gasteiger partial charge in [0.05, 0.1) is 5.52 Å². The Labute approximate surface area is 129 Å². The summed E-state index contributed by atoms with van der Waals surface area (Å²) in [4.78, 5) is 0. The number of fused-ring (bicyclic) bond motifs is 1. The summed E-state index contributed by atoms with van der Waals surface area (Å²) in [5.41, 5.74) is 5.31. The molecule has 0 fully saturated rings. The first-order chi connectivity index (χ1) is 9.95. The summed E-state index contributed by atoms with van der Waals surface area (Å²) in [7, 11) is 0. The van der Waals surface area contributed by atoms with Gasteiger partial charge in [0, 0.05) is 17.6 Å². The first-order valence-corrected chi connectivity index (χ1v) is 8.23. The van der Waals surface area contributed by atoms with Crippen LogP contribution in [0, 0.1) is 5.92 Å². The minimum absolute atomic E-state index is 0.543. The molecule has 1 aromatic carbocycles. The molecule has 0 N–H and O–H groups in total. The Morgan fingerprint density at radius 2 is 1.95 bits per heavy atom. The summed E-state index contributed by atoms with van der Waals surface area (Å²) in [5, 5.41) is 1.35. The van der Waals surface area contributed by atoms with Crippen molar-refractivity contribution in [1.82, 2.24) is 4.57 Å². The van der Waals surface area contributed by atoms with Crippen molar-refractivity contribution >= 4 is 16.5 Å². The third-order valence-electron chi connectivity index (χ3n) is 4.29. The average Bonchev–Trinajstić information content (AvgIpc) is 2.78. The van der Waals surface area contributed by atoms with E-state index in [2.05, 4.69) is 70.0 Å². The van der Waals surface area contributed by atoms with Gasteiger partial charge in [0.25, 0.3) is 0 Å². The minimum Gasteiger partial charge on any atom is -0.340 e. The Kier molecular flexibility index (Phi) is 4.92. The number of para-hydroxylation sites is 1. The highest BCUT2D eigenvalue weighted by Crippen LogP contribution is 2.31. The predicted octanol–water partition coefficient (Wildman–Crippen LogP) is 6.23. The molecule has 0 saturated heterocycles. The first kappa shape index (κ1) is 15.9. The van der Waals surface area contributed by atoms with E-state index in [9.17, 15) is 0 Å². The third-order valence-corrected chi connectivity index (χ3v) is 4.29. The van der Waals surface area contributed by atoms with Crippen LogP contribution in [0.3, 0.4) is 0 Å². The van der Waals surface area contributed by atoms with Crippen LogP contribution in [0.2, 0.25) is 0 Å². The summed E-state index contributed by atoms with van der Waals surface area (Å²) in [6.45, 7) is 16.6. The zero-order valence-electron chi connectivity index (χ0n) is 14.2. The molecule has 1 heterocycles. The normalized spacial score (nSPS) is 13.0. The van der Waals surface area contributed by atoms with E-state index in [0.29, 0.717) is 11.8 Å². The van der Waals surface area contributed by atoms with Crippen LogP contribution in [0.25, 0.3) is 16.5 Å². The molecule has 0 saturated carbocycles. The van der Waals surface area contributed by atoms with E-state index in [-0.39, 0.29) is 0 Å². The monoisotopic (exact) mass is 283 g/mol. The summed E-state index contributed by atoms with van der Waals surface area (Å²) in [6, 6.07) is 8.99. The Morgan fingerprint density at radius 1 is 1.24 bits per heavy atom. The minimum atomic E-state index is 0.543. The van der Waals surface area contributed by atoms with Crippen LogP contribution >= 0.6 is 0 Å². The van der Waals surface area contributed by atoms with Crippen LogP contribution < -0.4 is 0 Å². The Balaban J connectivity index is 2.62. The van der Waals surface area contributed by atoms with Gasteiger partial charge in [0.2, 0.25) is 0 Å². The van der Waals surface area contributed by atoms with Crippen molar-refractivity contribution in [1.29, 1.82) is 0 Å². The van der Waals surface area contributed by atoms with E-state index >= 15 is 0 Å². The zero-order chi connectivity index (χ0) is 15.6. The Morgan fingerprint density at radius 3 is 2.52 bits per heavy atom. The van der Waals surface area contributed by atoms with Crippen LogP contribution in [0.4, 0.5) is 0 Å². The molecule has 21 heavy (non-hydrogen) atoms. The summed E-state index contributed by atoms with van der Waals surface area (Å²) >= 11 is 0. The van der Waals surface area contributed by atoms with Gasteiger partial charge in [0.15, 0.2) is 0 Å². The molecule has 0 aliphatic rings. The number of nitrogens with zero attached hydrogens (tertiary/aromatic N) is 1. The molecule has 0 spiro atoms. The van der Waals surface area contributed by atoms with Crippen LogP contribution in [0.15, 0.2) is 30.8 Å². The lowest BCUT2D eigenvalue weighted by Gasteiger charge is -2.18. The van der Waals surface area contributed by atoms with E-state index in [4.69, 9.17) is 0 Å². The number of aromatic nitrogens is 1. The van der Waals surface area contributed by atoms with Crippen molar-refractivity contribution in [3.8, 4) is 0 Å². The van der Waals surface area contributed by atoms with Crippen LogP contribution in [0.5, 0.6) is 0 Å². The maximum atomic E-state index is 4.19. The standard InChI is InChI=1S/C20H29N/c1-7-9-16(6)13-21-19(15(4)5)12-17-10-8-11-18(14(2)3)20(17)21/h8,10-12,14,16H,4,7,9,13H2,1-3,5-6H3. The highest BCUT2D eigenvalue weighted by Gasteiger charge is 2.16. The second-order valence-corrected chi connectivity index (χ2v) is 6.75. The van der Waals surface area contributed by atoms with Gasteiger partial charge >= 0.3 is 0 Å². The number of hydrogen-bond donors (Lipinski definition) is 0. The molecule has 1 nitrogen and oxygen atoms in total. The van der Waals surface area contributed by atoms with Crippen molar-refractivity contribution in [3.05, 3.63) is 42.1 Å². The van der Waals surface area contributed by atoms with E-state index in [1.807, 2.05) is 0 Å². The van der Waals surface area contributed by atoms with Gasteiger partial charge in [-0.05, 0) is 42.4 Å². The second kappa shape index (κ2) is 6.51. The molecule has 2 aromatic rings. The number of allylic oxidation sites excluding steroid dienone is 1. The molecule has 114 valence electrons. The maximum absolute atomic E-state index is 4.19. The molecule has 0 aliphatic carbocycles. The quantitative estimate of drug-likeness (QED) is 0.592. The molecule has 0 aliphatic heterocycles. The zero-order valence-corrected chi connectivity index (χ0v) is 14.2. The largest absolute Gasteiger partial charge is 0.340 e. The van der Waals surface area contributed by atoms with Gasteiger partial charge < -0.3 is 4.57 Å². The Bertz CT molecular complexity index is 631. The Hall–Kier alpha value is -1.50. The van der Waals surface area contributed by atoms with E-state index in [1.165, 1.54) is 35.0 Å². The first-order valence-electron chi connectivity index (χ1n) is 8.23. The van der Waals surface area contributed by atoms with Crippen LogP contribution in [-0.4, -0.2) is 4.57 Å². The smallest absolute Gasteiger partial charge is 0.0520 e. The molecule has 1 aromatic heterocycles. The maximum Gasteiger partial charge on any atom is 0.0520 e. The molecule has 2 rings (SSSR count). The SMILES string of the molecule is C=C(C)c1cc2cccc(C(C)C)c2n1CC(C)CCC. The van der Waals surface area contributed by atoms with E-state index in [0.717, 1.165) is 12.1 Å². The number of benzene rings is 1. The molecular formula is C20H29N. The highest BCUT2D eigenvalue weighted by atomic mass is 15.0. The van der Waals surface area contributed by atoms with Gasteiger partial charge in [-0.15, -0.1) is 0 Å². The van der Waals surface area contributed by atoms with Crippen molar-refractivity contribution in [2.24, 2.45) is 5.92 Å². The molecule has 0 bridgehead atoms. The fraction of sp³-hybridized carbons (Fsp3) is 0.500. The summed E-state index contributed by atoms with van der Waals surface area (Å²) in [6.07, 6.45) is 2.53. The van der Waals surface area contributed by atoms with E-state index in [1.54, 1.807) is 0 Å². The number of rotatable bonds is 6. The van der Waals surface area contributed by atoms with Crippen molar-refractivity contribution in [2.45, 2.75) is 59.9 Å². The fourth-order valence-electron chi connectivity index (χ4n) is 3.26. The molecule has 0 radical (unpaired) electrons. The molecule has 0 amide bonds. The summed E-state index contributed by atoms with van der Waals surface area (Å²) in [5.74, 6) is 1.24.